The minimum atomic E-state index is -0.797. The second-order valence-corrected chi connectivity index (χ2v) is 8.21. The van der Waals surface area contributed by atoms with E-state index in [1.165, 1.54) is 5.56 Å². The number of benzene rings is 1. The van der Waals surface area contributed by atoms with Crippen LogP contribution in [-0.4, -0.2) is 29.0 Å². The fourth-order valence-corrected chi connectivity index (χ4v) is 3.76. The van der Waals surface area contributed by atoms with Crippen molar-refractivity contribution in [3.8, 4) is 6.07 Å². The smallest absolute Gasteiger partial charge is 0.134 e. The van der Waals surface area contributed by atoms with E-state index < -0.39 is 5.41 Å². The number of anilines is 1. The van der Waals surface area contributed by atoms with E-state index in [4.69, 9.17) is 16.6 Å². The van der Waals surface area contributed by atoms with Gasteiger partial charge in [0.1, 0.15) is 16.8 Å². The number of fused-ring (bicyclic) bond motifs is 1. The molecule has 3 rings (SSSR count). The van der Waals surface area contributed by atoms with Gasteiger partial charge in [-0.05, 0) is 36.6 Å². The maximum absolute atomic E-state index is 9.98. The van der Waals surface area contributed by atoms with Crippen molar-refractivity contribution in [3.63, 3.8) is 0 Å². The average Bonchev–Trinajstić information content (AvgIpc) is 2.66. The van der Waals surface area contributed by atoms with E-state index in [1.807, 2.05) is 44.1 Å². The molecule has 2 heterocycles. The van der Waals surface area contributed by atoms with Crippen molar-refractivity contribution >= 4 is 43.0 Å². The predicted octanol–water partition coefficient (Wildman–Crippen LogP) is 3.83. The fraction of sp³-hybridized carbons (Fsp3) is 0.333. The van der Waals surface area contributed by atoms with Crippen molar-refractivity contribution in [2.75, 3.05) is 19.0 Å². The first-order valence-electron chi connectivity index (χ1n) is 9.07. The fourth-order valence-electron chi connectivity index (χ4n) is 3.13. The molecule has 0 N–H and O–H groups in total. The standard InChI is InChI=1S/C21H23ClN5P/c1-5-13-8-14-6-7-15(9-16(14)24-20(13)28)21(2,12-23)11-18-25-17(22)10-19(26-18)27(3)4/h6-10H,5,11,28H2,1-4H3. The van der Waals surface area contributed by atoms with Crippen LogP contribution in [0.4, 0.5) is 5.82 Å². The lowest BCUT2D eigenvalue weighted by atomic mass is 9.80. The highest BCUT2D eigenvalue weighted by Crippen LogP contribution is 2.30. The number of rotatable bonds is 5. The Labute approximate surface area is 173 Å². The lowest BCUT2D eigenvalue weighted by Gasteiger charge is -2.22. The lowest BCUT2D eigenvalue weighted by molar-refractivity contribution is 0.585. The quantitative estimate of drug-likeness (QED) is 0.471. The Morgan fingerprint density at radius 2 is 1.93 bits per heavy atom. The summed E-state index contributed by atoms with van der Waals surface area (Å²) in [6, 6.07) is 12.3. The number of hydrogen-bond acceptors (Lipinski definition) is 5. The Morgan fingerprint density at radius 1 is 1.18 bits per heavy atom. The van der Waals surface area contributed by atoms with E-state index in [1.54, 1.807) is 6.07 Å². The summed E-state index contributed by atoms with van der Waals surface area (Å²) in [5.41, 5.74) is 3.12. The van der Waals surface area contributed by atoms with Gasteiger partial charge in [0.2, 0.25) is 0 Å². The van der Waals surface area contributed by atoms with Crippen LogP contribution in [0.2, 0.25) is 5.15 Å². The maximum Gasteiger partial charge on any atom is 0.134 e. The lowest BCUT2D eigenvalue weighted by Crippen LogP contribution is -2.25. The summed E-state index contributed by atoms with van der Waals surface area (Å²) in [7, 11) is 6.49. The van der Waals surface area contributed by atoms with E-state index in [2.05, 4.69) is 38.3 Å². The van der Waals surface area contributed by atoms with Crippen LogP contribution in [0.3, 0.4) is 0 Å². The van der Waals surface area contributed by atoms with E-state index >= 15 is 0 Å². The third kappa shape index (κ3) is 4.09. The molecule has 0 radical (unpaired) electrons. The second-order valence-electron chi connectivity index (χ2n) is 7.27. The summed E-state index contributed by atoms with van der Waals surface area (Å²) < 4.78 is 0. The second kappa shape index (κ2) is 7.99. The molecular formula is C21H23ClN5P. The normalized spacial score (nSPS) is 13.2. The number of nitrogens with zero attached hydrogens (tertiary/aromatic N) is 5. The van der Waals surface area contributed by atoms with Gasteiger partial charge in [0, 0.05) is 32.0 Å². The number of hydrogen-bond donors (Lipinski definition) is 0. The van der Waals surface area contributed by atoms with Gasteiger partial charge in [-0.1, -0.05) is 39.9 Å². The summed E-state index contributed by atoms with van der Waals surface area (Å²) >= 11 is 6.16. The molecule has 5 nitrogen and oxygen atoms in total. The van der Waals surface area contributed by atoms with Gasteiger partial charge in [0.15, 0.2) is 0 Å². The van der Waals surface area contributed by atoms with Crippen molar-refractivity contribution < 1.29 is 0 Å². The molecule has 0 aliphatic carbocycles. The molecule has 28 heavy (non-hydrogen) atoms. The Balaban J connectivity index is 2.03. The SMILES string of the molecule is CCc1cc2ccc(C(C)(C#N)Cc3nc(Cl)cc(N(C)C)n3)cc2nc1P. The van der Waals surface area contributed by atoms with Crippen molar-refractivity contribution in [3.05, 3.63) is 52.4 Å². The number of pyridine rings is 1. The Morgan fingerprint density at radius 3 is 2.57 bits per heavy atom. The minimum absolute atomic E-state index is 0.358. The van der Waals surface area contributed by atoms with Crippen LogP contribution in [0.1, 0.15) is 30.8 Å². The average molecular weight is 412 g/mol. The van der Waals surface area contributed by atoms with Crippen molar-refractivity contribution in [2.45, 2.75) is 32.1 Å². The van der Waals surface area contributed by atoms with Crippen LogP contribution in [-0.2, 0) is 18.3 Å². The maximum atomic E-state index is 9.98. The van der Waals surface area contributed by atoms with E-state index in [0.717, 1.165) is 34.1 Å². The Bertz CT molecular complexity index is 1080. The first kappa shape index (κ1) is 20.5. The number of aryl methyl sites for hydroxylation is 1. The molecule has 0 spiro atoms. The van der Waals surface area contributed by atoms with Crippen molar-refractivity contribution in [1.29, 1.82) is 5.26 Å². The molecule has 144 valence electrons. The molecule has 0 aliphatic rings. The molecule has 2 atom stereocenters. The Kier molecular flexibility index (Phi) is 5.84. The van der Waals surface area contributed by atoms with Crippen LogP contribution in [0.25, 0.3) is 10.9 Å². The molecule has 0 amide bonds. The largest absolute Gasteiger partial charge is 0.363 e. The molecular weight excluding hydrogens is 389 g/mol. The molecule has 3 aromatic rings. The van der Waals surface area contributed by atoms with Crippen LogP contribution in [0.5, 0.6) is 0 Å². The highest BCUT2D eigenvalue weighted by molar-refractivity contribution is 7.27. The molecule has 0 fully saturated rings. The molecule has 2 aromatic heterocycles. The van der Waals surface area contributed by atoms with Gasteiger partial charge in [-0.15, -0.1) is 0 Å². The van der Waals surface area contributed by atoms with Crippen LogP contribution in [0.15, 0.2) is 30.3 Å². The van der Waals surface area contributed by atoms with Gasteiger partial charge >= 0.3 is 0 Å². The summed E-state index contributed by atoms with van der Waals surface area (Å²) in [4.78, 5) is 15.5. The Hall–Kier alpha value is -2.28. The number of halogens is 1. The van der Waals surface area contributed by atoms with E-state index in [-0.39, 0.29) is 0 Å². The zero-order chi connectivity index (χ0) is 20.5. The summed E-state index contributed by atoms with van der Waals surface area (Å²) in [5, 5.41) is 11.4. The van der Waals surface area contributed by atoms with E-state index in [9.17, 15) is 5.26 Å². The van der Waals surface area contributed by atoms with Crippen LogP contribution in [0, 0.1) is 11.3 Å². The summed E-state index contributed by atoms with van der Waals surface area (Å²) in [6.45, 7) is 4.01. The highest BCUT2D eigenvalue weighted by Gasteiger charge is 2.29. The van der Waals surface area contributed by atoms with Gasteiger partial charge in [-0.2, -0.15) is 5.26 Å². The molecule has 0 bridgehead atoms. The molecule has 0 aliphatic heterocycles. The van der Waals surface area contributed by atoms with Crippen molar-refractivity contribution in [1.82, 2.24) is 15.0 Å². The van der Waals surface area contributed by atoms with Crippen molar-refractivity contribution in [2.24, 2.45) is 0 Å². The van der Waals surface area contributed by atoms with Gasteiger partial charge < -0.3 is 4.90 Å². The van der Waals surface area contributed by atoms with Gasteiger partial charge in [0.25, 0.3) is 0 Å². The number of nitriles is 1. The van der Waals surface area contributed by atoms with Crippen LogP contribution < -0.4 is 10.3 Å². The molecule has 2 unspecified atom stereocenters. The first-order chi connectivity index (χ1) is 13.3. The van der Waals surface area contributed by atoms with Gasteiger partial charge in [-0.25, -0.2) is 15.0 Å². The third-order valence-electron chi connectivity index (χ3n) is 4.89. The molecule has 7 heteroatoms. The highest BCUT2D eigenvalue weighted by atomic mass is 35.5. The van der Waals surface area contributed by atoms with Gasteiger partial charge in [-0.3, -0.25) is 0 Å². The minimum Gasteiger partial charge on any atom is -0.363 e. The number of aromatic nitrogens is 3. The molecule has 1 aromatic carbocycles. The van der Waals surface area contributed by atoms with Gasteiger partial charge in [0.05, 0.1) is 22.4 Å². The predicted molar refractivity (Wildman–Crippen MR) is 119 cm³/mol. The zero-order valence-corrected chi connectivity index (χ0v) is 18.4. The summed E-state index contributed by atoms with van der Waals surface area (Å²) in [6.07, 6.45) is 1.29. The molecule has 0 saturated carbocycles. The molecule has 0 saturated heterocycles. The zero-order valence-electron chi connectivity index (χ0n) is 16.5. The topological polar surface area (TPSA) is 65.7 Å². The third-order valence-corrected chi connectivity index (χ3v) is 5.59. The first-order valence-corrected chi connectivity index (χ1v) is 10.0. The van der Waals surface area contributed by atoms with Crippen LogP contribution >= 0.6 is 20.8 Å². The monoisotopic (exact) mass is 411 g/mol. The summed E-state index contributed by atoms with van der Waals surface area (Å²) in [5.74, 6) is 1.26. The van der Waals surface area contributed by atoms with E-state index in [0.29, 0.717) is 17.4 Å².